The van der Waals surface area contributed by atoms with Crippen molar-refractivity contribution in [1.82, 2.24) is 13.7 Å². The molecule has 3 fully saturated rings. The van der Waals surface area contributed by atoms with E-state index in [-0.39, 0.29) is 44.7 Å². The van der Waals surface area contributed by atoms with Crippen LogP contribution in [0.4, 0.5) is 0 Å². The summed E-state index contributed by atoms with van der Waals surface area (Å²) in [5.74, 6) is 0. The molecule has 4 heterocycles. The molecular weight excluding hydrogens is 358 g/mol. The van der Waals surface area contributed by atoms with Gasteiger partial charge in [-0.25, -0.2) is 28.1 Å². The number of hydrogen-bond acceptors (Lipinski definition) is 7. The van der Waals surface area contributed by atoms with Crippen LogP contribution in [0, 0.1) is 0 Å². The van der Waals surface area contributed by atoms with E-state index < -0.39 is 17.1 Å². The van der Waals surface area contributed by atoms with Crippen LogP contribution >= 0.6 is 0 Å². The Labute approximate surface area is 155 Å². The molecule has 3 atom stereocenters. The molecule has 10 heteroatoms. The number of rotatable bonds is 12. The van der Waals surface area contributed by atoms with E-state index in [0.29, 0.717) is 19.4 Å². The number of hydrogen-bond donors (Lipinski definition) is 0. The second kappa shape index (κ2) is 8.09. The first-order valence-corrected chi connectivity index (χ1v) is 9.54. The van der Waals surface area contributed by atoms with Gasteiger partial charge >= 0.3 is 17.1 Å². The predicted molar refractivity (Wildman–Crippen MR) is 92.9 cm³/mol. The topological polar surface area (TPSA) is 113 Å². The highest BCUT2D eigenvalue weighted by Gasteiger charge is 2.25. The molecule has 150 valence electrons. The van der Waals surface area contributed by atoms with E-state index >= 15 is 0 Å². The van der Waals surface area contributed by atoms with Crippen LogP contribution in [0.2, 0.25) is 0 Å². The first-order chi connectivity index (χ1) is 13.1. The van der Waals surface area contributed by atoms with E-state index in [9.17, 15) is 14.4 Å². The van der Waals surface area contributed by atoms with Crippen molar-refractivity contribution in [3.63, 3.8) is 0 Å². The standard InChI is InChI=1S/C17H25N3O7/c21-15-18(5-1-3-12-9-25-12)16(22)20(7-8-24-14-11-27-14)17(23)19(15)6-2-4-13-10-26-13/h12-14H,1-11H2. The van der Waals surface area contributed by atoms with Gasteiger partial charge in [-0.2, -0.15) is 0 Å². The highest BCUT2D eigenvalue weighted by atomic mass is 16.8. The summed E-state index contributed by atoms with van der Waals surface area (Å²) in [6.07, 6.45) is 3.13. The molecule has 0 saturated carbocycles. The van der Waals surface area contributed by atoms with Crippen LogP contribution in [-0.4, -0.2) is 58.6 Å². The van der Waals surface area contributed by atoms with Crippen molar-refractivity contribution in [2.75, 3.05) is 26.4 Å². The van der Waals surface area contributed by atoms with Crippen LogP contribution in [0.5, 0.6) is 0 Å². The van der Waals surface area contributed by atoms with Gasteiger partial charge in [-0.15, -0.1) is 0 Å². The Hall–Kier alpha value is -1.75. The van der Waals surface area contributed by atoms with Crippen molar-refractivity contribution < 1.29 is 18.9 Å². The van der Waals surface area contributed by atoms with Crippen molar-refractivity contribution in [3.05, 3.63) is 31.5 Å². The highest BCUT2D eigenvalue weighted by molar-refractivity contribution is 4.81. The second-order valence-corrected chi connectivity index (χ2v) is 7.13. The van der Waals surface area contributed by atoms with E-state index in [2.05, 4.69) is 0 Å². The van der Waals surface area contributed by atoms with Crippen LogP contribution < -0.4 is 17.1 Å². The molecule has 1 aromatic heterocycles. The van der Waals surface area contributed by atoms with Gasteiger partial charge in [0.15, 0.2) is 6.29 Å². The van der Waals surface area contributed by atoms with Crippen molar-refractivity contribution in [2.45, 2.75) is 63.8 Å². The van der Waals surface area contributed by atoms with Gasteiger partial charge in [-0.1, -0.05) is 0 Å². The minimum atomic E-state index is -0.580. The third-order valence-corrected chi connectivity index (χ3v) is 4.93. The predicted octanol–water partition coefficient (Wildman–Crippen LogP) is -1.10. The number of ether oxygens (including phenoxy) is 4. The van der Waals surface area contributed by atoms with Gasteiger partial charge in [-0.3, -0.25) is 0 Å². The van der Waals surface area contributed by atoms with E-state index in [0.717, 1.165) is 39.8 Å². The van der Waals surface area contributed by atoms with E-state index in [1.807, 2.05) is 0 Å². The summed E-state index contributed by atoms with van der Waals surface area (Å²) in [6, 6.07) is 0. The molecule has 0 bridgehead atoms. The molecule has 4 rings (SSSR count). The van der Waals surface area contributed by atoms with Gasteiger partial charge in [0.2, 0.25) is 0 Å². The first-order valence-electron chi connectivity index (χ1n) is 9.54. The van der Waals surface area contributed by atoms with Gasteiger partial charge in [0.1, 0.15) is 6.61 Å². The molecule has 0 spiro atoms. The Morgan fingerprint density at radius 2 is 1.19 bits per heavy atom. The third kappa shape index (κ3) is 4.95. The summed E-state index contributed by atoms with van der Waals surface area (Å²) in [6.45, 7) is 2.83. The Morgan fingerprint density at radius 1 is 0.741 bits per heavy atom. The molecule has 27 heavy (non-hydrogen) atoms. The van der Waals surface area contributed by atoms with Gasteiger partial charge in [-0.05, 0) is 25.7 Å². The number of nitrogens with zero attached hydrogens (tertiary/aromatic N) is 3. The molecule has 0 N–H and O–H groups in total. The lowest BCUT2D eigenvalue weighted by Crippen LogP contribution is -2.55. The lowest BCUT2D eigenvalue weighted by atomic mass is 10.2. The van der Waals surface area contributed by atoms with Crippen LogP contribution in [0.25, 0.3) is 0 Å². The summed E-state index contributed by atoms with van der Waals surface area (Å²) >= 11 is 0. The average Bonchev–Trinajstić information content (AvgIpc) is 3.49. The Bertz CT molecular complexity index is 691. The molecule has 3 unspecified atom stereocenters. The van der Waals surface area contributed by atoms with Crippen molar-refractivity contribution in [3.8, 4) is 0 Å². The number of epoxide rings is 3. The fourth-order valence-electron chi connectivity index (χ4n) is 3.09. The quantitative estimate of drug-likeness (QED) is 0.421. The van der Waals surface area contributed by atoms with Crippen LogP contribution in [0.1, 0.15) is 25.7 Å². The smallest absolute Gasteiger partial charge is 0.336 e. The molecule has 10 nitrogen and oxygen atoms in total. The van der Waals surface area contributed by atoms with Crippen LogP contribution in [0.15, 0.2) is 14.4 Å². The number of aromatic nitrogens is 3. The SMILES string of the molecule is O=c1n(CCCC2CO2)c(=O)n(CCOC2CO2)c(=O)n1CCCC1CO1. The molecule has 3 aliphatic rings. The van der Waals surface area contributed by atoms with Crippen LogP contribution in [-0.2, 0) is 38.6 Å². The second-order valence-electron chi connectivity index (χ2n) is 7.13. The molecule has 0 amide bonds. The Morgan fingerprint density at radius 3 is 1.59 bits per heavy atom. The maximum Gasteiger partial charge on any atom is 0.336 e. The first kappa shape index (κ1) is 18.6. The molecule has 0 radical (unpaired) electrons. The minimum Gasteiger partial charge on any atom is -0.373 e. The largest absolute Gasteiger partial charge is 0.373 e. The Balaban J connectivity index is 1.52. The summed E-state index contributed by atoms with van der Waals surface area (Å²) in [4.78, 5) is 38.2. The fourth-order valence-corrected chi connectivity index (χ4v) is 3.09. The normalized spacial score (nSPS) is 25.6. The summed E-state index contributed by atoms with van der Waals surface area (Å²) in [5, 5.41) is 0. The minimum absolute atomic E-state index is 0.0925. The molecular formula is C17H25N3O7. The van der Waals surface area contributed by atoms with Crippen molar-refractivity contribution in [1.29, 1.82) is 0 Å². The lowest BCUT2D eigenvalue weighted by molar-refractivity contribution is 0.0439. The van der Waals surface area contributed by atoms with E-state index in [1.165, 1.54) is 0 Å². The maximum atomic E-state index is 12.7. The van der Waals surface area contributed by atoms with Gasteiger partial charge in [0, 0.05) is 13.1 Å². The maximum absolute atomic E-state index is 12.7. The summed E-state index contributed by atoms with van der Waals surface area (Å²) in [5.41, 5.74) is -1.70. The summed E-state index contributed by atoms with van der Waals surface area (Å²) in [7, 11) is 0. The third-order valence-electron chi connectivity index (χ3n) is 4.93. The molecule has 0 aromatic carbocycles. The van der Waals surface area contributed by atoms with Gasteiger partial charge in [0.05, 0.1) is 38.6 Å². The van der Waals surface area contributed by atoms with Crippen molar-refractivity contribution >= 4 is 0 Å². The zero-order chi connectivity index (χ0) is 18.8. The zero-order valence-electron chi connectivity index (χ0n) is 15.2. The van der Waals surface area contributed by atoms with Gasteiger partial charge in [0.25, 0.3) is 0 Å². The molecule has 1 aromatic rings. The monoisotopic (exact) mass is 383 g/mol. The lowest BCUT2D eigenvalue weighted by Gasteiger charge is -2.14. The Kier molecular flexibility index (Phi) is 5.58. The highest BCUT2D eigenvalue weighted by Crippen LogP contribution is 2.16. The van der Waals surface area contributed by atoms with Gasteiger partial charge < -0.3 is 18.9 Å². The summed E-state index contributed by atoms with van der Waals surface area (Å²) < 4.78 is 24.1. The van der Waals surface area contributed by atoms with Crippen molar-refractivity contribution in [2.24, 2.45) is 0 Å². The van der Waals surface area contributed by atoms with E-state index in [4.69, 9.17) is 18.9 Å². The van der Waals surface area contributed by atoms with E-state index in [1.54, 1.807) is 0 Å². The molecule has 3 saturated heterocycles. The molecule has 3 aliphatic heterocycles. The average molecular weight is 383 g/mol. The zero-order valence-corrected chi connectivity index (χ0v) is 15.2. The van der Waals surface area contributed by atoms with Crippen LogP contribution in [0.3, 0.4) is 0 Å². The molecule has 0 aliphatic carbocycles. The fraction of sp³-hybridized carbons (Fsp3) is 0.824.